The minimum Gasteiger partial charge on any atom is -0.338 e. The first kappa shape index (κ1) is 23.8. The second-order valence-electron chi connectivity index (χ2n) is 8.72. The quantitative estimate of drug-likeness (QED) is 0.372. The Labute approximate surface area is 215 Å². The molecule has 1 fully saturated rings. The van der Waals surface area contributed by atoms with E-state index >= 15 is 0 Å². The molecule has 2 aromatic carbocycles. The van der Waals surface area contributed by atoms with Crippen molar-refractivity contribution in [1.29, 1.82) is 0 Å². The number of pyridine rings is 1. The number of hydrogen-bond acceptors (Lipinski definition) is 8. The van der Waals surface area contributed by atoms with Gasteiger partial charge in [0, 0.05) is 54.9 Å². The second-order valence-corrected chi connectivity index (χ2v) is 9.16. The molecule has 0 spiro atoms. The van der Waals surface area contributed by atoms with Gasteiger partial charge in [0.25, 0.3) is 0 Å². The highest BCUT2D eigenvalue weighted by Crippen LogP contribution is 2.24. The fraction of sp³-hybridized carbons (Fsp3) is 0.222. The summed E-state index contributed by atoms with van der Waals surface area (Å²) in [7, 11) is 2.11. The van der Waals surface area contributed by atoms with Crippen molar-refractivity contribution in [1.82, 2.24) is 24.8 Å². The van der Waals surface area contributed by atoms with E-state index in [-0.39, 0.29) is 5.78 Å². The Kier molecular flexibility index (Phi) is 7.16. The van der Waals surface area contributed by atoms with Crippen LogP contribution in [-0.2, 0) is 6.42 Å². The maximum Gasteiger partial charge on any atom is 0.233 e. The first-order valence-electron chi connectivity index (χ1n) is 11.8. The Balaban J connectivity index is 1.42. The highest BCUT2D eigenvalue weighted by atomic mass is 35.5. The summed E-state index contributed by atoms with van der Waals surface area (Å²) in [6.45, 7) is 3.50. The average molecular weight is 500 g/mol. The summed E-state index contributed by atoms with van der Waals surface area (Å²) in [5, 5.41) is 3.83. The number of carbonyl (C=O) groups is 1. The summed E-state index contributed by atoms with van der Waals surface area (Å²) in [5.74, 6) is 2.01. The number of halogens is 1. The first-order valence-corrected chi connectivity index (χ1v) is 12.2. The fourth-order valence-corrected chi connectivity index (χ4v) is 4.09. The Morgan fingerprint density at radius 2 is 1.69 bits per heavy atom. The van der Waals surface area contributed by atoms with Crippen LogP contribution in [0.1, 0.15) is 15.9 Å². The largest absolute Gasteiger partial charge is 0.338 e. The number of anilines is 3. The van der Waals surface area contributed by atoms with Crippen molar-refractivity contribution in [3.63, 3.8) is 0 Å². The van der Waals surface area contributed by atoms with E-state index in [1.165, 1.54) is 0 Å². The van der Waals surface area contributed by atoms with E-state index in [1.54, 1.807) is 18.3 Å². The number of piperazine rings is 1. The normalized spacial score (nSPS) is 14.0. The SMILES string of the molecule is CN1CCN(c2nc(Nc3cc(C(=O)Cc4ccccc4)ccn3)nc(-c3ccc(Cl)cc3)n2)CC1. The minimum absolute atomic E-state index is 0.0160. The van der Waals surface area contributed by atoms with Crippen LogP contribution in [0.2, 0.25) is 5.02 Å². The fourth-order valence-electron chi connectivity index (χ4n) is 3.97. The van der Waals surface area contributed by atoms with E-state index in [9.17, 15) is 4.79 Å². The molecule has 2 aromatic heterocycles. The number of Topliss-reactive ketones (excluding diaryl/α,β-unsaturated/α-hetero) is 1. The molecular weight excluding hydrogens is 474 g/mol. The summed E-state index contributed by atoms with van der Waals surface area (Å²) < 4.78 is 0. The van der Waals surface area contributed by atoms with Crippen molar-refractivity contribution < 1.29 is 4.79 Å². The van der Waals surface area contributed by atoms with Crippen LogP contribution in [0, 0.1) is 0 Å². The van der Waals surface area contributed by atoms with Crippen LogP contribution in [-0.4, -0.2) is 63.8 Å². The van der Waals surface area contributed by atoms with Crippen LogP contribution in [0.3, 0.4) is 0 Å². The van der Waals surface area contributed by atoms with Gasteiger partial charge in [0.15, 0.2) is 11.6 Å². The summed E-state index contributed by atoms with van der Waals surface area (Å²) >= 11 is 6.08. The number of carbonyl (C=O) groups excluding carboxylic acids is 1. The number of nitrogens with one attached hydrogen (secondary N) is 1. The van der Waals surface area contributed by atoms with Crippen LogP contribution in [0.25, 0.3) is 11.4 Å². The molecule has 0 amide bonds. The minimum atomic E-state index is 0.0160. The number of rotatable bonds is 7. The summed E-state index contributed by atoms with van der Waals surface area (Å²) in [6, 6.07) is 20.5. The lowest BCUT2D eigenvalue weighted by molar-refractivity contribution is 0.0993. The van der Waals surface area contributed by atoms with Gasteiger partial charge in [0.2, 0.25) is 11.9 Å². The molecule has 3 heterocycles. The Morgan fingerprint density at radius 3 is 2.44 bits per heavy atom. The van der Waals surface area contributed by atoms with Gasteiger partial charge in [-0.05, 0) is 49.0 Å². The third kappa shape index (κ3) is 5.84. The van der Waals surface area contributed by atoms with E-state index in [2.05, 4.69) is 37.1 Å². The molecule has 36 heavy (non-hydrogen) atoms. The molecule has 1 N–H and O–H groups in total. The highest BCUT2D eigenvalue weighted by Gasteiger charge is 2.19. The third-order valence-electron chi connectivity index (χ3n) is 6.04. The zero-order valence-electron chi connectivity index (χ0n) is 19.9. The predicted molar refractivity (Wildman–Crippen MR) is 142 cm³/mol. The van der Waals surface area contributed by atoms with Crippen LogP contribution in [0.15, 0.2) is 72.9 Å². The van der Waals surface area contributed by atoms with Gasteiger partial charge < -0.3 is 15.1 Å². The van der Waals surface area contributed by atoms with Gasteiger partial charge >= 0.3 is 0 Å². The summed E-state index contributed by atoms with van der Waals surface area (Å²) in [4.78, 5) is 35.7. The molecule has 0 bridgehead atoms. The third-order valence-corrected chi connectivity index (χ3v) is 6.29. The van der Waals surface area contributed by atoms with Crippen molar-refractivity contribution in [2.24, 2.45) is 0 Å². The average Bonchev–Trinajstić information content (AvgIpc) is 2.90. The standard InChI is InChI=1S/C27H26ClN7O/c1-34-13-15-35(16-14-34)27-32-25(20-7-9-22(28)10-8-20)31-26(33-27)30-24-18-21(11-12-29-24)23(36)17-19-5-3-2-4-6-19/h2-12,18H,13-17H2,1H3,(H,29,30,31,32,33). The number of benzene rings is 2. The molecule has 0 aliphatic carbocycles. The van der Waals surface area contributed by atoms with Crippen LogP contribution >= 0.6 is 11.6 Å². The Bertz CT molecular complexity index is 1340. The number of likely N-dealkylation sites (N-methyl/N-ethyl adjacent to an activating group) is 1. The second kappa shape index (κ2) is 10.8. The lowest BCUT2D eigenvalue weighted by Gasteiger charge is -2.32. The molecule has 8 nitrogen and oxygen atoms in total. The van der Waals surface area contributed by atoms with Gasteiger partial charge in [-0.25, -0.2) is 4.98 Å². The van der Waals surface area contributed by atoms with E-state index in [4.69, 9.17) is 16.6 Å². The molecule has 1 aliphatic rings. The van der Waals surface area contributed by atoms with Gasteiger partial charge in [-0.1, -0.05) is 41.9 Å². The molecular formula is C27H26ClN7O. The van der Waals surface area contributed by atoms with Crippen LogP contribution in [0.5, 0.6) is 0 Å². The van der Waals surface area contributed by atoms with E-state index in [1.807, 2.05) is 54.6 Å². The molecule has 0 radical (unpaired) electrons. The van der Waals surface area contributed by atoms with Gasteiger partial charge in [-0.3, -0.25) is 4.79 Å². The molecule has 1 saturated heterocycles. The number of ketones is 1. The van der Waals surface area contributed by atoms with E-state index < -0.39 is 0 Å². The van der Waals surface area contributed by atoms with Crippen LogP contribution < -0.4 is 10.2 Å². The van der Waals surface area contributed by atoms with Crippen molar-refractivity contribution >= 4 is 35.1 Å². The lowest BCUT2D eigenvalue weighted by Crippen LogP contribution is -2.45. The monoisotopic (exact) mass is 499 g/mol. The van der Waals surface area contributed by atoms with Crippen LogP contribution in [0.4, 0.5) is 17.7 Å². The summed E-state index contributed by atoms with van der Waals surface area (Å²) in [6.07, 6.45) is 1.94. The molecule has 1 aliphatic heterocycles. The van der Waals surface area contributed by atoms with Gasteiger partial charge in [0.1, 0.15) is 5.82 Å². The number of aromatic nitrogens is 4. The van der Waals surface area contributed by atoms with Gasteiger partial charge in [-0.15, -0.1) is 0 Å². The molecule has 5 rings (SSSR count). The smallest absolute Gasteiger partial charge is 0.233 e. The van der Waals surface area contributed by atoms with E-state index in [0.717, 1.165) is 37.3 Å². The van der Waals surface area contributed by atoms with Crippen molar-refractivity contribution in [3.8, 4) is 11.4 Å². The number of nitrogens with zero attached hydrogens (tertiary/aromatic N) is 6. The lowest BCUT2D eigenvalue weighted by atomic mass is 10.0. The van der Waals surface area contributed by atoms with Gasteiger partial charge in [0.05, 0.1) is 0 Å². The molecule has 0 atom stereocenters. The maximum atomic E-state index is 12.9. The van der Waals surface area contributed by atoms with Crippen molar-refractivity contribution in [2.75, 3.05) is 43.4 Å². The van der Waals surface area contributed by atoms with Crippen molar-refractivity contribution in [2.45, 2.75) is 6.42 Å². The van der Waals surface area contributed by atoms with E-state index in [0.29, 0.717) is 40.5 Å². The van der Waals surface area contributed by atoms with Gasteiger partial charge in [-0.2, -0.15) is 15.0 Å². The zero-order valence-corrected chi connectivity index (χ0v) is 20.7. The predicted octanol–water partition coefficient (Wildman–Crippen LogP) is 4.51. The Hall–Kier alpha value is -3.88. The highest BCUT2D eigenvalue weighted by molar-refractivity contribution is 6.30. The molecule has 0 saturated carbocycles. The molecule has 4 aromatic rings. The molecule has 0 unspecified atom stereocenters. The molecule has 9 heteroatoms. The zero-order chi connectivity index (χ0) is 24.9. The van der Waals surface area contributed by atoms with Crippen molar-refractivity contribution in [3.05, 3.63) is 89.1 Å². The molecule has 182 valence electrons. The topological polar surface area (TPSA) is 87.1 Å². The Morgan fingerprint density at radius 1 is 0.944 bits per heavy atom. The number of hydrogen-bond donors (Lipinski definition) is 1. The first-order chi connectivity index (χ1) is 17.5. The summed E-state index contributed by atoms with van der Waals surface area (Å²) in [5.41, 5.74) is 2.37. The maximum absolute atomic E-state index is 12.9.